The molecule has 0 bridgehead atoms. The number of imide groups is 1. The minimum atomic E-state index is -3.24. The fourth-order valence-electron chi connectivity index (χ4n) is 6.37. The zero-order valence-electron chi connectivity index (χ0n) is 20.7. The highest BCUT2D eigenvalue weighted by Gasteiger charge is 2.62. The summed E-state index contributed by atoms with van der Waals surface area (Å²) in [5, 5.41) is 6.16. The van der Waals surface area contributed by atoms with Crippen molar-refractivity contribution >= 4 is 50.0 Å². The van der Waals surface area contributed by atoms with E-state index >= 15 is 4.39 Å². The molecule has 3 saturated heterocycles. The summed E-state index contributed by atoms with van der Waals surface area (Å²) >= 11 is 0. The number of morpholine rings is 1. The number of nitrogens with one attached hydrogen (secondary N) is 1. The van der Waals surface area contributed by atoms with Crippen molar-refractivity contribution < 1.29 is 41.2 Å². The summed E-state index contributed by atoms with van der Waals surface area (Å²) < 4.78 is 51.0. The molecule has 202 valence electrons. The molecule has 1 N–H and O–H groups in total. The van der Waals surface area contributed by atoms with Crippen LogP contribution in [0.3, 0.4) is 0 Å². The Morgan fingerprint density at radius 3 is 2.61 bits per heavy atom. The van der Waals surface area contributed by atoms with E-state index in [4.69, 9.17) is 9.26 Å². The number of hydrogen-bond donors (Lipinski definition) is 1. The number of benzene rings is 1. The van der Waals surface area contributed by atoms with Crippen LogP contribution in [-0.2, 0) is 35.4 Å². The van der Waals surface area contributed by atoms with Crippen molar-refractivity contribution in [2.24, 2.45) is 5.41 Å². The molecule has 14 heteroatoms. The van der Waals surface area contributed by atoms with Gasteiger partial charge < -0.3 is 19.1 Å². The van der Waals surface area contributed by atoms with E-state index in [1.807, 2.05) is 0 Å². The lowest BCUT2D eigenvalue weighted by Crippen LogP contribution is -2.72. The Kier molecular flexibility index (Phi) is 5.44. The Hall–Kier alpha value is -3.39. The number of Topliss-reactive ketones (excluding diaryl/α,β-unsaturated/α-hetero) is 1. The summed E-state index contributed by atoms with van der Waals surface area (Å²) in [5.74, 6) is -3.80. The van der Waals surface area contributed by atoms with Crippen LogP contribution in [0, 0.1) is 11.2 Å². The highest BCUT2D eigenvalue weighted by atomic mass is 32.2. The van der Waals surface area contributed by atoms with Gasteiger partial charge in [-0.15, -0.1) is 0 Å². The molecule has 4 atom stereocenters. The molecule has 3 fully saturated rings. The van der Waals surface area contributed by atoms with E-state index in [1.54, 1.807) is 18.7 Å². The number of nitrogens with zero attached hydrogens (tertiary/aromatic N) is 3. The standard InChI is InChI=1S/C24H25FN4O8S/c1-11-10-29-19-13(9-24(21(29)12(2)36-11)15(30)8-16(31)26-23(24)33)7-14-18(27-37-20(14)17(19)25)22(32)28-3-5-38(34,35)6-4-28/h7,11-12,21H,3-6,8-10H2,1-2H3,(H,26,31,33)/t11-,12+,21-,24?/m1/s1. The summed E-state index contributed by atoms with van der Waals surface area (Å²) in [7, 11) is -3.24. The number of sulfone groups is 1. The molecule has 6 rings (SSSR count). The van der Waals surface area contributed by atoms with Crippen molar-refractivity contribution in [2.75, 3.05) is 36.0 Å². The molecule has 3 amide bonds. The average Bonchev–Trinajstić information content (AvgIpc) is 3.25. The van der Waals surface area contributed by atoms with Crippen LogP contribution in [0.2, 0.25) is 0 Å². The molecule has 4 aliphatic rings. The van der Waals surface area contributed by atoms with Crippen LogP contribution in [0.15, 0.2) is 10.6 Å². The Labute approximate surface area is 216 Å². The summed E-state index contributed by atoms with van der Waals surface area (Å²) in [4.78, 5) is 54.9. The summed E-state index contributed by atoms with van der Waals surface area (Å²) in [6.45, 7) is 3.61. The van der Waals surface area contributed by atoms with Gasteiger partial charge in [0.1, 0.15) is 5.41 Å². The largest absolute Gasteiger partial charge is 0.372 e. The van der Waals surface area contributed by atoms with Gasteiger partial charge in [-0.1, -0.05) is 5.16 Å². The van der Waals surface area contributed by atoms with E-state index in [1.165, 1.54) is 11.0 Å². The van der Waals surface area contributed by atoms with E-state index in [2.05, 4.69) is 10.5 Å². The lowest BCUT2D eigenvalue weighted by molar-refractivity contribution is -0.158. The molecule has 1 aromatic heterocycles. The highest BCUT2D eigenvalue weighted by molar-refractivity contribution is 7.91. The smallest absolute Gasteiger partial charge is 0.276 e. The van der Waals surface area contributed by atoms with Crippen LogP contribution < -0.4 is 10.2 Å². The second-order valence-corrected chi connectivity index (χ2v) is 12.7. The summed E-state index contributed by atoms with van der Waals surface area (Å²) in [6, 6.07) is 0.621. The Balaban J connectivity index is 1.49. The number of aromatic nitrogens is 1. The van der Waals surface area contributed by atoms with Crippen molar-refractivity contribution in [1.29, 1.82) is 0 Å². The number of fused-ring (bicyclic) bond motifs is 5. The van der Waals surface area contributed by atoms with Gasteiger partial charge in [-0.25, -0.2) is 12.8 Å². The van der Waals surface area contributed by atoms with Crippen molar-refractivity contribution in [1.82, 2.24) is 15.4 Å². The van der Waals surface area contributed by atoms with Gasteiger partial charge in [-0.3, -0.25) is 24.5 Å². The van der Waals surface area contributed by atoms with E-state index in [9.17, 15) is 27.6 Å². The number of anilines is 1. The zero-order valence-corrected chi connectivity index (χ0v) is 21.5. The first kappa shape index (κ1) is 24.9. The van der Waals surface area contributed by atoms with Gasteiger partial charge in [0.25, 0.3) is 5.91 Å². The van der Waals surface area contributed by atoms with Crippen LogP contribution in [-0.4, -0.2) is 91.4 Å². The van der Waals surface area contributed by atoms with E-state index < -0.39 is 63.1 Å². The lowest BCUT2D eigenvalue weighted by atomic mass is 9.63. The SMILES string of the molecule is C[C@@H]1CN2c3c(cc4c(C(=O)N5CCS(=O)(=O)CC5)noc4c3F)CC3(C(=O)CC(=O)NC3=O)[C@H]2[C@H](C)O1. The van der Waals surface area contributed by atoms with Gasteiger partial charge in [0, 0.05) is 19.6 Å². The number of amides is 3. The molecule has 1 aromatic carbocycles. The Morgan fingerprint density at radius 2 is 1.92 bits per heavy atom. The number of rotatable bonds is 1. The molecule has 38 heavy (non-hydrogen) atoms. The van der Waals surface area contributed by atoms with Gasteiger partial charge >= 0.3 is 0 Å². The zero-order chi connectivity index (χ0) is 27.1. The fourth-order valence-corrected chi connectivity index (χ4v) is 7.57. The third kappa shape index (κ3) is 3.49. The third-order valence-electron chi connectivity index (χ3n) is 8.01. The minimum absolute atomic E-state index is 0.0278. The summed E-state index contributed by atoms with van der Waals surface area (Å²) in [5.41, 5.74) is -1.72. The van der Waals surface area contributed by atoms with Gasteiger partial charge in [-0.05, 0) is 31.9 Å². The first-order valence-corrected chi connectivity index (χ1v) is 14.1. The molecule has 5 heterocycles. The third-order valence-corrected chi connectivity index (χ3v) is 9.62. The van der Waals surface area contributed by atoms with Crippen molar-refractivity contribution in [3.05, 3.63) is 23.1 Å². The number of ketones is 1. The van der Waals surface area contributed by atoms with E-state index in [0.717, 1.165) is 0 Å². The van der Waals surface area contributed by atoms with E-state index in [0.29, 0.717) is 5.56 Å². The number of piperidine rings is 1. The van der Waals surface area contributed by atoms with E-state index in [-0.39, 0.29) is 66.0 Å². The first-order valence-electron chi connectivity index (χ1n) is 12.3. The van der Waals surface area contributed by atoms with Crippen molar-refractivity contribution in [3.63, 3.8) is 0 Å². The Morgan fingerprint density at radius 1 is 1.21 bits per heavy atom. The summed E-state index contributed by atoms with van der Waals surface area (Å²) in [6.07, 6.45) is -1.71. The van der Waals surface area contributed by atoms with Gasteiger partial charge in [0.05, 0.1) is 47.2 Å². The molecule has 2 aromatic rings. The minimum Gasteiger partial charge on any atom is -0.372 e. The number of carbonyl (C=O) groups excluding carboxylic acids is 4. The molecule has 1 unspecified atom stereocenters. The lowest BCUT2D eigenvalue weighted by Gasteiger charge is -2.55. The molecular weight excluding hydrogens is 523 g/mol. The second kappa shape index (κ2) is 8.30. The number of ether oxygens (including phenoxy) is 1. The van der Waals surface area contributed by atoms with Crippen LogP contribution in [0.1, 0.15) is 36.3 Å². The quantitative estimate of drug-likeness (QED) is 0.379. The highest BCUT2D eigenvalue weighted by Crippen LogP contribution is 2.50. The van der Waals surface area contributed by atoms with Crippen molar-refractivity contribution in [3.8, 4) is 0 Å². The van der Waals surface area contributed by atoms with Crippen LogP contribution in [0.4, 0.5) is 10.1 Å². The maximum atomic E-state index is 16.1. The fraction of sp³-hybridized carbons (Fsp3) is 0.542. The molecule has 0 saturated carbocycles. The number of hydrogen-bond acceptors (Lipinski definition) is 10. The second-order valence-electron chi connectivity index (χ2n) is 10.4. The molecule has 12 nitrogen and oxygen atoms in total. The van der Waals surface area contributed by atoms with Gasteiger partial charge in [0.2, 0.25) is 17.4 Å². The molecule has 0 radical (unpaired) electrons. The number of carbonyl (C=O) groups is 4. The van der Waals surface area contributed by atoms with Crippen LogP contribution >= 0.6 is 0 Å². The predicted octanol–water partition coefficient (Wildman–Crippen LogP) is -0.0222. The molecule has 0 aliphatic carbocycles. The topological polar surface area (TPSA) is 156 Å². The monoisotopic (exact) mass is 548 g/mol. The maximum Gasteiger partial charge on any atom is 0.276 e. The normalized spacial score (nSPS) is 30.8. The van der Waals surface area contributed by atoms with Gasteiger partial charge in [-0.2, -0.15) is 0 Å². The van der Waals surface area contributed by atoms with Gasteiger partial charge in [0.15, 0.2) is 27.1 Å². The van der Waals surface area contributed by atoms with Crippen molar-refractivity contribution in [2.45, 2.75) is 44.9 Å². The molecular formula is C24H25FN4O8S. The predicted molar refractivity (Wildman–Crippen MR) is 129 cm³/mol. The maximum absolute atomic E-state index is 16.1. The number of halogens is 1. The van der Waals surface area contributed by atoms with Crippen LogP contribution in [0.25, 0.3) is 11.0 Å². The molecule has 1 spiro atoms. The average molecular weight is 549 g/mol. The van der Waals surface area contributed by atoms with Crippen LogP contribution in [0.5, 0.6) is 0 Å². The first-order chi connectivity index (χ1) is 17.9. The Bertz CT molecular complexity index is 1500. The molecule has 4 aliphatic heterocycles.